The number of hydrogen-bond donors (Lipinski definition) is 3. The number of nitrogens with one attached hydrogen (secondary N) is 1. The lowest BCUT2D eigenvalue weighted by Gasteiger charge is -2.13. The fourth-order valence-electron chi connectivity index (χ4n) is 1.10. The first-order valence-electron chi connectivity index (χ1n) is 4.56. The van der Waals surface area contributed by atoms with Crippen molar-refractivity contribution in [2.24, 2.45) is 0 Å². The van der Waals surface area contributed by atoms with E-state index in [1.807, 2.05) is 0 Å². The minimum absolute atomic E-state index is 0.208. The van der Waals surface area contributed by atoms with E-state index in [9.17, 15) is 8.78 Å². The molecule has 0 aliphatic heterocycles. The number of hydrogen-bond acceptors (Lipinski definition) is 3. The van der Waals surface area contributed by atoms with Crippen molar-refractivity contribution in [2.45, 2.75) is 12.6 Å². The molecule has 0 aliphatic carbocycles. The van der Waals surface area contributed by atoms with Crippen LogP contribution in [-0.2, 0) is 6.54 Å². The van der Waals surface area contributed by atoms with Gasteiger partial charge in [-0.1, -0.05) is 6.07 Å². The predicted molar refractivity (Wildman–Crippen MR) is 51.2 cm³/mol. The van der Waals surface area contributed by atoms with Crippen LogP contribution in [0.3, 0.4) is 0 Å². The first-order valence-corrected chi connectivity index (χ1v) is 4.56. The summed E-state index contributed by atoms with van der Waals surface area (Å²) in [5, 5.41) is 20.3. The highest BCUT2D eigenvalue weighted by Crippen LogP contribution is 2.08. The molecular weight excluding hydrogens is 204 g/mol. The molecule has 0 saturated carbocycles. The molecule has 1 aromatic rings. The SMILES string of the molecule is OCC(CO)NCc1ccc(F)c(F)c1. The fraction of sp³-hybridized carbons (Fsp3) is 0.400. The monoisotopic (exact) mass is 217 g/mol. The standard InChI is InChI=1S/C10H13F2NO2/c11-9-2-1-7(3-10(9)12)4-13-8(5-14)6-15/h1-3,8,13-15H,4-6H2. The van der Waals surface area contributed by atoms with Crippen LogP contribution >= 0.6 is 0 Å². The summed E-state index contributed by atoms with van der Waals surface area (Å²) in [5.41, 5.74) is 0.556. The van der Waals surface area contributed by atoms with Gasteiger partial charge in [0.05, 0.1) is 19.3 Å². The predicted octanol–water partition coefficient (Wildman–Crippen LogP) is 0.408. The number of aliphatic hydroxyl groups is 2. The Balaban J connectivity index is 2.54. The second-order valence-corrected chi connectivity index (χ2v) is 3.19. The lowest BCUT2D eigenvalue weighted by molar-refractivity contribution is 0.170. The zero-order chi connectivity index (χ0) is 11.3. The smallest absolute Gasteiger partial charge is 0.159 e. The highest BCUT2D eigenvalue weighted by atomic mass is 19.2. The average molecular weight is 217 g/mol. The third kappa shape index (κ3) is 3.54. The molecular formula is C10H13F2NO2. The highest BCUT2D eigenvalue weighted by Gasteiger charge is 2.06. The summed E-state index contributed by atoms with van der Waals surface area (Å²) >= 11 is 0. The quantitative estimate of drug-likeness (QED) is 0.669. The van der Waals surface area contributed by atoms with Crippen molar-refractivity contribution >= 4 is 0 Å². The van der Waals surface area contributed by atoms with Crippen LogP contribution in [0.15, 0.2) is 18.2 Å². The van der Waals surface area contributed by atoms with E-state index >= 15 is 0 Å². The topological polar surface area (TPSA) is 52.5 Å². The molecule has 0 bridgehead atoms. The van der Waals surface area contributed by atoms with Crippen molar-refractivity contribution in [3.8, 4) is 0 Å². The van der Waals surface area contributed by atoms with Gasteiger partial charge in [0.2, 0.25) is 0 Å². The van der Waals surface area contributed by atoms with Crippen molar-refractivity contribution in [3.05, 3.63) is 35.4 Å². The maximum atomic E-state index is 12.8. The summed E-state index contributed by atoms with van der Waals surface area (Å²) in [7, 11) is 0. The molecule has 0 amide bonds. The summed E-state index contributed by atoms with van der Waals surface area (Å²) < 4.78 is 25.3. The average Bonchev–Trinajstić information content (AvgIpc) is 2.24. The number of benzene rings is 1. The molecule has 0 spiro atoms. The molecule has 5 heteroatoms. The Bertz CT molecular complexity index is 316. The molecule has 0 fully saturated rings. The molecule has 84 valence electrons. The zero-order valence-electron chi connectivity index (χ0n) is 8.08. The van der Waals surface area contributed by atoms with E-state index in [1.165, 1.54) is 6.07 Å². The molecule has 0 atom stereocenters. The lowest BCUT2D eigenvalue weighted by Crippen LogP contribution is -2.35. The summed E-state index contributed by atoms with van der Waals surface area (Å²) in [4.78, 5) is 0. The van der Waals surface area contributed by atoms with Crippen LogP contribution in [0.2, 0.25) is 0 Å². The first-order chi connectivity index (χ1) is 7.17. The largest absolute Gasteiger partial charge is 0.395 e. The van der Waals surface area contributed by atoms with E-state index in [4.69, 9.17) is 10.2 Å². The maximum absolute atomic E-state index is 12.8. The normalized spacial score (nSPS) is 11.0. The molecule has 3 nitrogen and oxygen atoms in total. The van der Waals surface area contributed by atoms with Crippen LogP contribution in [0.4, 0.5) is 8.78 Å². The Morgan fingerprint density at radius 2 is 1.80 bits per heavy atom. The molecule has 1 aromatic carbocycles. The van der Waals surface area contributed by atoms with Crippen molar-refractivity contribution in [1.29, 1.82) is 0 Å². The van der Waals surface area contributed by atoms with Gasteiger partial charge in [0.1, 0.15) is 0 Å². The molecule has 15 heavy (non-hydrogen) atoms. The Kier molecular flexibility index (Phi) is 4.61. The van der Waals surface area contributed by atoms with Gasteiger partial charge in [-0.3, -0.25) is 0 Å². The van der Waals surface area contributed by atoms with Crippen molar-refractivity contribution in [1.82, 2.24) is 5.32 Å². The van der Waals surface area contributed by atoms with Gasteiger partial charge in [0.25, 0.3) is 0 Å². The Morgan fingerprint density at radius 3 is 2.33 bits per heavy atom. The van der Waals surface area contributed by atoms with Crippen LogP contribution in [-0.4, -0.2) is 29.5 Å². The van der Waals surface area contributed by atoms with Crippen LogP contribution in [0.5, 0.6) is 0 Å². The van der Waals surface area contributed by atoms with Crippen molar-refractivity contribution < 1.29 is 19.0 Å². The fourth-order valence-corrected chi connectivity index (χ4v) is 1.10. The van der Waals surface area contributed by atoms with Crippen molar-refractivity contribution in [3.63, 3.8) is 0 Å². The van der Waals surface area contributed by atoms with E-state index < -0.39 is 17.7 Å². The van der Waals surface area contributed by atoms with Gasteiger partial charge in [-0.2, -0.15) is 0 Å². The third-order valence-corrected chi connectivity index (χ3v) is 2.02. The third-order valence-electron chi connectivity index (χ3n) is 2.02. The van der Waals surface area contributed by atoms with E-state index in [0.717, 1.165) is 12.1 Å². The van der Waals surface area contributed by atoms with Crippen LogP contribution in [0, 0.1) is 11.6 Å². The van der Waals surface area contributed by atoms with Crippen LogP contribution < -0.4 is 5.32 Å². The molecule has 0 aromatic heterocycles. The summed E-state index contributed by atoms with van der Waals surface area (Å²) in [6.45, 7) is -0.149. The second kappa shape index (κ2) is 5.75. The first kappa shape index (κ1) is 12.0. The maximum Gasteiger partial charge on any atom is 0.159 e. The van der Waals surface area contributed by atoms with Gasteiger partial charge in [-0.05, 0) is 17.7 Å². The number of halogens is 2. The summed E-state index contributed by atoms with van der Waals surface area (Å²) in [5.74, 6) is -1.79. The minimum atomic E-state index is -0.904. The van der Waals surface area contributed by atoms with Gasteiger partial charge in [-0.25, -0.2) is 8.78 Å². The van der Waals surface area contributed by atoms with Gasteiger partial charge < -0.3 is 15.5 Å². The Labute approximate surface area is 86.4 Å². The highest BCUT2D eigenvalue weighted by molar-refractivity contribution is 5.17. The van der Waals surface area contributed by atoms with Gasteiger partial charge >= 0.3 is 0 Å². The number of aliphatic hydroxyl groups excluding tert-OH is 2. The van der Waals surface area contributed by atoms with Crippen LogP contribution in [0.25, 0.3) is 0 Å². The Hall–Kier alpha value is -1.04. The summed E-state index contributed by atoms with van der Waals surface area (Å²) in [6, 6.07) is 3.11. The van der Waals surface area contributed by atoms with Crippen LogP contribution in [0.1, 0.15) is 5.56 Å². The Morgan fingerprint density at radius 1 is 1.13 bits per heavy atom. The summed E-state index contributed by atoms with van der Waals surface area (Å²) in [6.07, 6.45) is 0. The molecule has 0 radical (unpaired) electrons. The van der Waals surface area contributed by atoms with E-state index in [1.54, 1.807) is 0 Å². The van der Waals surface area contributed by atoms with Crippen molar-refractivity contribution in [2.75, 3.05) is 13.2 Å². The molecule has 0 unspecified atom stereocenters. The van der Waals surface area contributed by atoms with E-state index in [2.05, 4.69) is 5.32 Å². The molecule has 0 aliphatic rings. The van der Waals surface area contributed by atoms with E-state index in [-0.39, 0.29) is 19.8 Å². The van der Waals surface area contributed by atoms with Gasteiger partial charge in [0.15, 0.2) is 11.6 Å². The van der Waals surface area contributed by atoms with Gasteiger partial charge in [0, 0.05) is 6.54 Å². The molecule has 0 saturated heterocycles. The zero-order valence-corrected chi connectivity index (χ0v) is 8.08. The van der Waals surface area contributed by atoms with E-state index in [0.29, 0.717) is 5.56 Å². The molecule has 3 N–H and O–H groups in total. The number of rotatable bonds is 5. The molecule has 1 rings (SSSR count). The van der Waals surface area contributed by atoms with Gasteiger partial charge in [-0.15, -0.1) is 0 Å². The second-order valence-electron chi connectivity index (χ2n) is 3.19. The molecule has 0 heterocycles. The lowest BCUT2D eigenvalue weighted by atomic mass is 10.2. The minimum Gasteiger partial charge on any atom is -0.395 e.